The molecule has 0 spiro atoms. The van der Waals surface area contributed by atoms with Gasteiger partial charge in [-0.15, -0.1) is 0 Å². The first-order valence-electron chi connectivity index (χ1n) is 14.2. The Hall–Kier alpha value is -2.51. The van der Waals surface area contributed by atoms with Gasteiger partial charge >= 0.3 is 0 Å². The van der Waals surface area contributed by atoms with Gasteiger partial charge in [-0.05, 0) is 102 Å². The third-order valence-electron chi connectivity index (χ3n) is 8.93. The fraction of sp³-hybridized carbons (Fsp3) is 0.621. The van der Waals surface area contributed by atoms with Crippen LogP contribution in [0.3, 0.4) is 0 Å². The number of rotatable bonds is 6. The maximum atomic E-state index is 13.0. The normalized spacial score (nSPS) is 23.0. The number of carbonyl (C=O) groups excluding carboxylic acids is 1. The highest BCUT2D eigenvalue weighted by Crippen LogP contribution is 2.26. The van der Waals surface area contributed by atoms with E-state index in [0.29, 0.717) is 11.4 Å². The molecule has 4 fully saturated rings. The van der Waals surface area contributed by atoms with E-state index in [-0.39, 0.29) is 5.78 Å². The summed E-state index contributed by atoms with van der Waals surface area (Å²) in [6.07, 6.45) is 14.0. The topological polar surface area (TPSA) is 55.8 Å². The molecule has 192 valence electrons. The summed E-state index contributed by atoms with van der Waals surface area (Å²) in [6.45, 7) is 9.35. The van der Waals surface area contributed by atoms with Crippen LogP contribution in [0.25, 0.3) is 0 Å². The summed E-state index contributed by atoms with van der Waals surface area (Å²) in [5.74, 6) is -0.103. The van der Waals surface area contributed by atoms with Crippen LogP contribution in [0.1, 0.15) is 67.5 Å². The van der Waals surface area contributed by atoms with Gasteiger partial charge in [-0.2, -0.15) is 0 Å². The first kappa shape index (κ1) is 23.9. The third-order valence-corrected chi connectivity index (χ3v) is 8.93. The molecule has 4 aliphatic rings. The zero-order chi connectivity index (χ0) is 24.3. The Bertz CT molecular complexity index is 916. The van der Waals surface area contributed by atoms with Crippen LogP contribution >= 0.6 is 0 Å². The summed E-state index contributed by atoms with van der Waals surface area (Å²) in [5, 5.41) is 0. The molecule has 0 radical (unpaired) electrons. The van der Waals surface area contributed by atoms with Gasteiger partial charge < -0.3 is 19.6 Å². The number of anilines is 2. The van der Waals surface area contributed by atoms with E-state index in [4.69, 9.17) is 0 Å². The predicted octanol–water partition coefficient (Wildman–Crippen LogP) is 3.84. The van der Waals surface area contributed by atoms with Crippen molar-refractivity contribution in [2.75, 3.05) is 62.2 Å². The molecule has 0 unspecified atom stereocenters. The Morgan fingerprint density at radius 2 is 0.972 bits per heavy atom. The minimum Gasteiger partial charge on any atom is -0.370 e. The summed E-state index contributed by atoms with van der Waals surface area (Å²) < 4.78 is 0. The van der Waals surface area contributed by atoms with Crippen molar-refractivity contribution in [2.24, 2.45) is 0 Å². The number of pyridine rings is 2. The van der Waals surface area contributed by atoms with Gasteiger partial charge in [-0.1, -0.05) is 0 Å². The van der Waals surface area contributed by atoms with E-state index in [2.05, 4.69) is 41.7 Å². The number of ketones is 1. The van der Waals surface area contributed by atoms with Crippen molar-refractivity contribution in [1.82, 2.24) is 19.8 Å². The lowest BCUT2D eigenvalue weighted by Gasteiger charge is -2.37. The number of piperidine rings is 2. The molecule has 0 N–H and O–H groups in total. The summed E-state index contributed by atoms with van der Waals surface area (Å²) in [4.78, 5) is 32.3. The van der Waals surface area contributed by atoms with Gasteiger partial charge in [0.25, 0.3) is 0 Å². The molecule has 7 heteroatoms. The van der Waals surface area contributed by atoms with Crippen LogP contribution in [0.5, 0.6) is 0 Å². The average molecular weight is 489 g/mol. The minimum atomic E-state index is -0.103. The second kappa shape index (κ2) is 10.9. The van der Waals surface area contributed by atoms with E-state index in [9.17, 15) is 4.79 Å². The van der Waals surface area contributed by atoms with Crippen LogP contribution < -0.4 is 9.80 Å². The second-order valence-electron chi connectivity index (χ2n) is 11.1. The van der Waals surface area contributed by atoms with Gasteiger partial charge in [0.1, 0.15) is 11.4 Å². The van der Waals surface area contributed by atoms with Crippen LogP contribution in [0.2, 0.25) is 0 Å². The molecule has 6 rings (SSSR count). The molecule has 2 aromatic rings. The van der Waals surface area contributed by atoms with Crippen molar-refractivity contribution in [1.29, 1.82) is 0 Å². The zero-order valence-corrected chi connectivity index (χ0v) is 21.5. The Morgan fingerprint density at radius 3 is 1.31 bits per heavy atom. The third kappa shape index (κ3) is 5.14. The van der Waals surface area contributed by atoms with E-state index in [1.54, 1.807) is 0 Å². The number of carbonyl (C=O) groups is 1. The number of hydrogen-bond donors (Lipinski definition) is 0. The summed E-state index contributed by atoms with van der Waals surface area (Å²) in [6, 6.07) is 9.31. The minimum absolute atomic E-state index is 0.103. The van der Waals surface area contributed by atoms with Gasteiger partial charge in [-0.3, -0.25) is 14.8 Å². The van der Waals surface area contributed by atoms with Gasteiger partial charge in [0, 0.05) is 38.3 Å². The Balaban J connectivity index is 1.02. The molecular formula is C29H40N6O. The lowest BCUT2D eigenvalue weighted by molar-refractivity contribution is 0.103. The van der Waals surface area contributed by atoms with E-state index >= 15 is 0 Å². The quantitative estimate of drug-likeness (QED) is 0.573. The molecule has 2 aromatic heterocycles. The second-order valence-corrected chi connectivity index (χ2v) is 11.1. The Labute approximate surface area is 215 Å². The van der Waals surface area contributed by atoms with Crippen molar-refractivity contribution in [3.05, 3.63) is 48.0 Å². The van der Waals surface area contributed by atoms with Gasteiger partial charge in [-0.25, -0.2) is 0 Å². The predicted molar refractivity (Wildman–Crippen MR) is 144 cm³/mol. The van der Waals surface area contributed by atoms with Crippen molar-refractivity contribution < 1.29 is 4.79 Å². The van der Waals surface area contributed by atoms with Crippen LogP contribution in [-0.2, 0) is 0 Å². The Morgan fingerprint density at radius 1 is 0.583 bits per heavy atom. The molecular weight excluding hydrogens is 448 g/mol. The van der Waals surface area contributed by atoms with Crippen molar-refractivity contribution in [2.45, 2.75) is 63.5 Å². The van der Waals surface area contributed by atoms with Crippen LogP contribution in [0.4, 0.5) is 11.4 Å². The number of nitrogens with zero attached hydrogens (tertiary/aromatic N) is 6. The maximum absolute atomic E-state index is 13.0. The van der Waals surface area contributed by atoms with E-state index in [1.165, 1.54) is 77.5 Å². The fourth-order valence-corrected chi connectivity index (χ4v) is 6.74. The van der Waals surface area contributed by atoms with Gasteiger partial charge in [0.2, 0.25) is 5.78 Å². The molecule has 4 aliphatic heterocycles. The maximum Gasteiger partial charge on any atom is 0.229 e. The number of hydrogen-bond acceptors (Lipinski definition) is 7. The highest BCUT2D eigenvalue weighted by molar-refractivity contribution is 6.06. The molecule has 4 saturated heterocycles. The SMILES string of the molecule is O=C(c1ccc(N2CCC(N3CCCC3)CC2)cn1)c1ccc(N2CCC(N3CCCC3)CC2)cn1. The van der Waals surface area contributed by atoms with Crippen molar-refractivity contribution in [3.63, 3.8) is 0 Å². The first-order valence-corrected chi connectivity index (χ1v) is 14.2. The summed E-state index contributed by atoms with van der Waals surface area (Å²) in [5.41, 5.74) is 3.17. The van der Waals surface area contributed by atoms with Crippen molar-refractivity contribution >= 4 is 17.2 Å². The van der Waals surface area contributed by atoms with Crippen LogP contribution in [0.15, 0.2) is 36.7 Å². The molecule has 0 saturated carbocycles. The summed E-state index contributed by atoms with van der Waals surface area (Å²) in [7, 11) is 0. The molecule has 7 nitrogen and oxygen atoms in total. The molecule has 6 heterocycles. The molecule has 0 aromatic carbocycles. The molecule has 0 atom stereocenters. The van der Waals surface area contributed by atoms with Crippen molar-refractivity contribution in [3.8, 4) is 0 Å². The number of aromatic nitrogens is 2. The summed E-state index contributed by atoms with van der Waals surface area (Å²) >= 11 is 0. The van der Waals surface area contributed by atoms with E-state index in [0.717, 1.165) is 49.6 Å². The number of likely N-dealkylation sites (tertiary alicyclic amines) is 2. The van der Waals surface area contributed by atoms with E-state index < -0.39 is 0 Å². The standard InChI is InChI=1S/C29H40N6O/c36-29(27-7-5-25(21-30-27)34-17-9-23(10-18-34)32-13-1-2-14-32)28-8-6-26(22-31-28)35-19-11-24(12-20-35)33-15-3-4-16-33/h5-8,21-24H,1-4,9-20H2. The van der Waals surface area contributed by atoms with E-state index in [1.807, 2.05) is 24.5 Å². The lowest BCUT2D eigenvalue weighted by atomic mass is 10.0. The average Bonchev–Trinajstić information content (AvgIpc) is 3.69. The highest BCUT2D eigenvalue weighted by atomic mass is 16.1. The smallest absolute Gasteiger partial charge is 0.229 e. The van der Waals surface area contributed by atoms with Gasteiger partial charge in [0.15, 0.2) is 0 Å². The Kier molecular flexibility index (Phi) is 7.19. The van der Waals surface area contributed by atoms with Gasteiger partial charge in [0.05, 0.1) is 23.8 Å². The largest absolute Gasteiger partial charge is 0.370 e. The lowest BCUT2D eigenvalue weighted by Crippen LogP contribution is -2.43. The van der Waals surface area contributed by atoms with Crippen LogP contribution in [-0.4, -0.2) is 90.0 Å². The fourth-order valence-electron chi connectivity index (χ4n) is 6.74. The first-order chi connectivity index (χ1) is 17.7. The monoisotopic (exact) mass is 488 g/mol. The molecule has 0 bridgehead atoms. The zero-order valence-electron chi connectivity index (χ0n) is 21.5. The molecule has 36 heavy (non-hydrogen) atoms. The molecule has 0 amide bonds. The highest BCUT2D eigenvalue weighted by Gasteiger charge is 2.28. The van der Waals surface area contributed by atoms with Crippen LogP contribution in [0, 0.1) is 0 Å². The molecule has 0 aliphatic carbocycles.